The molecule has 0 fully saturated rings. The normalized spacial score (nSPS) is 12.0. The van der Waals surface area contributed by atoms with E-state index in [1.54, 1.807) is 6.33 Å². The highest BCUT2D eigenvalue weighted by atomic mass is 32.1. The molecule has 0 aliphatic carbocycles. The Morgan fingerprint density at radius 2 is 2.11 bits per heavy atom. The van der Waals surface area contributed by atoms with E-state index in [9.17, 15) is 0 Å². The summed E-state index contributed by atoms with van der Waals surface area (Å²) in [6.07, 6.45) is 4.54. The predicted molar refractivity (Wildman–Crippen MR) is 73.0 cm³/mol. The fraction of sp³-hybridized carbons (Fsp3) is 0.583. The van der Waals surface area contributed by atoms with Gasteiger partial charge in [0.05, 0.1) is 0 Å². The second-order valence-electron chi connectivity index (χ2n) is 5.49. The number of imidazole rings is 1. The lowest BCUT2D eigenvalue weighted by Crippen LogP contribution is -2.19. The fourth-order valence-electron chi connectivity index (χ4n) is 1.98. The summed E-state index contributed by atoms with van der Waals surface area (Å²) in [5.74, 6) is 0.970. The summed E-state index contributed by atoms with van der Waals surface area (Å²) in [5.41, 5.74) is 1.29. The molecule has 0 aromatic carbocycles. The van der Waals surface area contributed by atoms with Gasteiger partial charge in [-0.15, -0.1) is 10.2 Å². The fourth-order valence-corrected chi connectivity index (χ4v) is 2.23. The van der Waals surface area contributed by atoms with Gasteiger partial charge in [-0.1, -0.05) is 20.8 Å². The maximum Gasteiger partial charge on any atom is 0.177 e. The number of aromatic nitrogens is 5. The minimum Gasteiger partial charge on any atom is -0.337 e. The van der Waals surface area contributed by atoms with Crippen LogP contribution >= 0.6 is 12.2 Å². The molecule has 0 aliphatic heterocycles. The third-order valence-corrected chi connectivity index (χ3v) is 3.34. The van der Waals surface area contributed by atoms with Crippen LogP contribution < -0.4 is 0 Å². The van der Waals surface area contributed by atoms with Gasteiger partial charge in [0.25, 0.3) is 0 Å². The highest BCUT2D eigenvalue weighted by Crippen LogP contribution is 2.22. The van der Waals surface area contributed by atoms with Crippen LogP contribution in [0.4, 0.5) is 0 Å². The van der Waals surface area contributed by atoms with Crippen LogP contribution in [0.25, 0.3) is 0 Å². The van der Waals surface area contributed by atoms with Gasteiger partial charge in [0.2, 0.25) is 0 Å². The Balaban J connectivity index is 2.22. The number of aryl methyl sites for hydroxylation is 2. The number of hydrogen-bond acceptors (Lipinski definition) is 3. The summed E-state index contributed by atoms with van der Waals surface area (Å²) < 4.78 is 4.85. The summed E-state index contributed by atoms with van der Waals surface area (Å²) in [7, 11) is 1.95. The quantitative estimate of drug-likeness (QED) is 0.866. The molecule has 2 rings (SSSR count). The molecule has 2 heterocycles. The van der Waals surface area contributed by atoms with E-state index in [-0.39, 0.29) is 5.41 Å². The van der Waals surface area contributed by atoms with Crippen LogP contribution in [-0.2, 0) is 25.4 Å². The van der Waals surface area contributed by atoms with Crippen molar-refractivity contribution in [3.05, 3.63) is 28.8 Å². The molecular formula is C12H19N5S. The third kappa shape index (κ3) is 2.53. The first-order valence-electron chi connectivity index (χ1n) is 6.01. The van der Waals surface area contributed by atoms with Crippen LogP contribution in [0.15, 0.2) is 12.5 Å². The van der Waals surface area contributed by atoms with E-state index in [4.69, 9.17) is 12.2 Å². The van der Waals surface area contributed by atoms with Crippen molar-refractivity contribution in [2.75, 3.05) is 0 Å². The first-order chi connectivity index (χ1) is 8.39. The van der Waals surface area contributed by atoms with Gasteiger partial charge in [0.15, 0.2) is 4.77 Å². The topological polar surface area (TPSA) is 51.4 Å². The molecule has 0 saturated heterocycles. The maximum atomic E-state index is 5.33. The summed E-state index contributed by atoms with van der Waals surface area (Å²) in [5, 5.41) is 7.98. The molecule has 0 amide bonds. The Labute approximate surface area is 112 Å². The second-order valence-corrected chi connectivity index (χ2v) is 5.88. The Morgan fingerprint density at radius 3 is 2.67 bits per heavy atom. The van der Waals surface area contributed by atoms with Crippen LogP contribution in [0.2, 0.25) is 0 Å². The molecule has 0 unspecified atom stereocenters. The van der Waals surface area contributed by atoms with E-state index in [1.807, 2.05) is 17.8 Å². The molecule has 0 saturated carbocycles. The third-order valence-electron chi connectivity index (χ3n) is 3.00. The summed E-state index contributed by atoms with van der Waals surface area (Å²) in [6.45, 7) is 7.37. The Morgan fingerprint density at radius 1 is 1.39 bits per heavy atom. The monoisotopic (exact) mass is 265 g/mol. The standard InChI is InChI=1S/C12H19N5S/c1-12(2,3)9-7-13-11(18)17(9)6-5-10-15-14-8-16(10)4/h7-8H,5-6H2,1-4H3,(H,13,18). The van der Waals surface area contributed by atoms with Crippen molar-refractivity contribution in [3.8, 4) is 0 Å². The van der Waals surface area contributed by atoms with Gasteiger partial charge >= 0.3 is 0 Å². The zero-order valence-corrected chi connectivity index (χ0v) is 12.1. The van der Waals surface area contributed by atoms with Gasteiger partial charge in [0.1, 0.15) is 12.2 Å². The molecule has 6 heteroatoms. The van der Waals surface area contributed by atoms with Crippen LogP contribution in [-0.4, -0.2) is 24.3 Å². The van der Waals surface area contributed by atoms with Gasteiger partial charge in [-0.3, -0.25) is 0 Å². The molecule has 0 aliphatic rings. The van der Waals surface area contributed by atoms with Crippen molar-refractivity contribution in [3.63, 3.8) is 0 Å². The van der Waals surface area contributed by atoms with E-state index in [2.05, 4.69) is 40.5 Å². The van der Waals surface area contributed by atoms with Crippen molar-refractivity contribution in [1.82, 2.24) is 24.3 Å². The largest absolute Gasteiger partial charge is 0.337 e. The van der Waals surface area contributed by atoms with E-state index >= 15 is 0 Å². The highest BCUT2D eigenvalue weighted by Gasteiger charge is 2.19. The number of nitrogens with zero attached hydrogens (tertiary/aromatic N) is 4. The van der Waals surface area contributed by atoms with Crippen molar-refractivity contribution in [2.24, 2.45) is 7.05 Å². The average Bonchev–Trinajstić information content (AvgIpc) is 2.81. The summed E-state index contributed by atoms with van der Waals surface area (Å²) in [6, 6.07) is 0. The maximum absolute atomic E-state index is 5.33. The molecule has 18 heavy (non-hydrogen) atoms. The van der Waals surface area contributed by atoms with Crippen molar-refractivity contribution >= 4 is 12.2 Å². The lowest BCUT2D eigenvalue weighted by molar-refractivity contribution is 0.508. The van der Waals surface area contributed by atoms with Crippen molar-refractivity contribution < 1.29 is 0 Å². The van der Waals surface area contributed by atoms with Gasteiger partial charge in [0, 0.05) is 37.3 Å². The highest BCUT2D eigenvalue weighted by molar-refractivity contribution is 7.71. The van der Waals surface area contributed by atoms with Gasteiger partial charge < -0.3 is 14.1 Å². The van der Waals surface area contributed by atoms with Crippen molar-refractivity contribution in [1.29, 1.82) is 0 Å². The van der Waals surface area contributed by atoms with E-state index < -0.39 is 0 Å². The smallest absolute Gasteiger partial charge is 0.177 e. The van der Waals surface area contributed by atoms with E-state index in [1.165, 1.54) is 5.69 Å². The number of aromatic amines is 1. The first-order valence-corrected chi connectivity index (χ1v) is 6.42. The molecule has 0 atom stereocenters. The Bertz CT molecular complexity index is 584. The number of nitrogens with one attached hydrogen (secondary N) is 1. The Hall–Kier alpha value is -1.43. The molecule has 0 spiro atoms. The van der Waals surface area contributed by atoms with Crippen LogP contribution in [0.5, 0.6) is 0 Å². The first kappa shape index (κ1) is 13.0. The molecule has 1 N–H and O–H groups in total. The lowest BCUT2D eigenvalue weighted by Gasteiger charge is -2.20. The SMILES string of the molecule is Cn1cnnc1CCn1c(C(C)(C)C)c[nH]c1=S. The molecule has 2 aromatic rings. The van der Waals surface area contributed by atoms with Crippen LogP contribution in [0, 0.1) is 4.77 Å². The van der Waals surface area contributed by atoms with Crippen molar-refractivity contribution in [2.45, 2.75) is 39.2 Å². The van der Waals surface area contributed by atoms with Gasteiger partial charge in [-0.25, -0.2) is 0 Å². The summed E-state index contributed by atoms with van der Waals surface area (Å²) >= 11 is 5.33. The second kappa shape index (κ2) is 4.68. The molecule has 0 bridgehead atoms. The minimum absolute atomic E-state index is 0.0768. The number of rotatable bonds is 3. The van der Waals surface area contributed by atoms with Crippen LogP contribution in [0.3, 0.4) is 0 Å². The van der Waals surface area contributed by atoms with E-state index in [0.717, 1.165) is 23.6 Å². The van der Waals surface area contributed by atoms with Gasteiger partial charge in [-0.05, 0) is 12.2 Å². The minimum atomic E-state index is 0.0768. The van der Waals surface area contributed by atoms with Gasteiger partial charge in [-0.2, -0.15) is 0 Å². The zero-order valence-electron chi connectivity index (χ0n) is 11.3. The molecule has 98 valence electrons. The molecule has 2 aromatic heterocycles. The number of H-pyrrole nitrogens is 1. The lowest BCUT2D eigenvalue weighted by atomic mass is 9.92. The zero-order chi connectivity index (χ0) is 13.3. The summed E-state index contributed by atoms with van der Waals surface area (Å²) in [4.78, 5) is 3.12. The van der Waals surface area contributed by atoms with Crippen LogP contribution in [0.1, 0.15) is 32.3 Å². The molecule has 5 nitrogen and oxygen atoms in total. The average molecular weight is 265 g/mol. The predicted octanol–water partition coefficient (Wildman–Crippen LogP) is 2.21. The Kier molecular flexibility index (Phi) is 3.38. The molecular weight excluding hydrogens is 246 g/mol. The molecule has 0 radical (unpaired) electrons. The van der Waals surface area contributed by atoms with E-state index in [0.29, 0.717) is 0 Å². The number of hydrogen-bond donors (Lipinski definition) is 1.